The van der Waals surface area contributed by atoms with Crippen molar-refractivity contribution in [2.75, 3.05) is 14.1 Å². The van der Waals surface area contributed by atoms with Gasteiger partial charge in [0.15, 0.2) is 0 Å². The van der Waals surface area contributed by atoms with Gasteiger partial charge < -0.3 is 10.6 Å². The van der Waals surface area contributed by atoms with Crippen LogP contribution >= 0.6 is 0 Å². The molecule has 0 radical (unpaired) electrons. The first kappa shape index (κ1) is 11.7. The van der Waals surface area contributed by atoms with Gasteiger partial charge in [0.25, 0.3) is 0 Å². The first-order valence-corrected chi connectivity index (χ1v) is 4.44. The summed E-state index contributed by atoms with van der Waals surface area (Å²) >= 11 is 0. The average molecular weight is 170 g/mol. The molecule has 0 saturated heterocycles. The molecule has 0 heterocycles. The first-order valence-electron chi connectivity index (χ1n) is 4.44. The Kier molecular flexibility index (Phi) is 3.94. The quantitative estimate of drug-likeness (QED) is 0.650. The van der Waals surface area contributed by atoms with Crippen molar-refractivity contribution in [1.29, 1.82) is 0 Å². The predicted molar refractivity (Wildman–Crippen MR) is 55.2 cm³/mol. The molecule has 0 bridgehead atoms. The van der Waals surface area contributed by atoms with E-state index in [0.717, 1.165) is 12.0 Å². The van der Waals surface area contributed by atoms with E-state index in [9.17, 15) is 0 Å². The van der Waals surface area contributed by atoms with Crippen LogP contribution in [0.15, 0.2) is 12.2 Å². The van der Waals surface area contributed by atoms with Gasteiger partial charge in [-0.1, -0.05) is 19.1 Å². The minimum absolute atomic E-state index is 0.0336. The van der Waals surface area contributed by atoms with Crippen LogP contribution in [-0.4, -0.2) is 30.6 Å². The lowest BCUT2D eigenvalue weighted by Gasteiger charge is -2.41. The van der Waals surface area contributed by atoms with Crippen LogP contribution in [0.25, 0.3) is 0 Å². The van der Waals surface area contributed by atoms with Crippen LogP contribution in [0.4, 0.5) is 0 Å². The molecule has 0 aromatic carbocycles. The van der Waals surface area contributed by atoms with E-state index in [1.165, 1.54) is 0 Å². The molecule has 0 amide bonds. The van der Waals surface area contributed by atoms with Gasteiger partial charge in [-0.25, -0.2) is 0 Å². The lowest BCUT2D eigenvalue weighted by molar-refractivity contribution is 0.145. The standard InChI is InChI=1S/C10H22N2/c1-7-10(4,12(5)6)9(11)8(2)3/h9H,2,7,11H2,1,3-6H3. The van der Waals surface area contributed by atoms with Gasteiger partial charge in [0.05, 0.1) is 0 Å². The predicted octanol–water partition coefficient (Wildman–Crippen LogP) is 1.62. The molecular formula is C10H22N2. The van der Waals surface area contributed by atoms with Gasteiger partial charge in [0, 0.05) is 11.6 Å². The van der Waals surface area contributed by atoms with E-state index in [4.69, 9.17) is 5.73 Å². The molecule has 72 valence electrons. The van der Waals surface area contributed by atoms with Crippen LogP contribution < -0.4 is 5.73 Å². The Morgan fingerprint density at radius 3 is 2.08 bits per heavy atom. The average Bonchev–Trinajstić information content (AvgIpc) is 2.01. The highest BCUT2D eigenvalue weighted by Crippen LogP contribution is 2.23. The van der Waals surface area contributed by atoms with E-state index < -0.39 is 0 Å². The summed E-state index contributed by atoms with van der Waals surface area (Å²) in [4.78, 5) is 2.17. The monoisotopic (exact) mass is 170 g/mol. The highest BCUT2D eigenvalue weighted by atomic mass is 15.2. The molecule has 12 heavy (non-hydrogen) atoms. The highest BCUT2D eigenvalue weighted by Gasteiger charge is 2.32. The summed E-state index contributed by atoms with van der Waals surface area (Å²) in [5.74, 6) is 0. The zero-order valence-electron chi connectivity index (χ0n) is 9.02. The summed E-state index contributed by atoms with van der Waals surface area (Å²) in [5, 5.41) is 0. The Hall–Kier alpha value is -0.340. The van der Waals surface area contributed by atoms with Crippen LogP contribution in [0.1, 0.15) is 27.2 Å². The van der Waals surface area contributed by atoms with Crippen molar-refractivity contribution in [2.45, 2.75) is 38.8 Å². The third-order valence-electron chi connectivity index (χ3n) is 2.94. The SMILES string of the molecule is C=C(C)C(N)C(C)(CC)N(C)C. The van der Waals surface area contributed by atoms with Crippen LogP contribution in [0.5, 0.6) is 0 Å². The molecule has 0 aliphatic heterocycles. The van der Waals surface area contributed by atoms with Crippen molar-refractivity contribution in [2.24, 2.45) is 5.73 Å². The minimum atomic E-state index is 0.0336. The fourth-order valence-corrected chi connectivity index (χ4v) is 1.35. The molecule has 2 N–H and O–H groups in total. The first-order chi connectivity index (χ1) is 5.36. The number of nitrogens with zero attached hydrogens (tertiary/aromatic N) is 1. The second kappa shape index (κ2) is 4.06. The fourth-order valence-electron chi connectivity index (χ4n) is 1.35. The smallest absolute Gasteiger partial charge is 0.0433 e. The van der Waals surface area contributed by atoms with Crippen LogP contribution in [0, 0.1) is 0 Å². The molecule has 0 saturated carbocycles. The number of likely N-dealkylation sites (N-methyl/N-ethyl adjacent to an activating group) is 1. The summed E-state index contributed by atoms with van der Waals surface area (Å²) < 4.78 is 0. The van der Waals surface area contributed by atoms with Gasteiger partial charge in [-0.2, -0.15) is 0 Å². The normalized spacial score (nSPS) is 18.9. The number of rotatable bonds is 4. The van der Waals surface area contributed by atoms with Crippen molar-refractivity contribution in [3.05, 3.63) is 12.2 Å². The van der Waals surface area contributed by atoms with Crippen molar-refractivity contribution in [3.63, 3.8) is 0 Å². The number of hydrogen-bond acceptors (Lipinski definition) is 2. The Bertz CT molecular complexity index is 163. The third-order valence-corrected chi connectivity index (χ3v) is 2.94. The molecule has 2 atom stereocenters. The molecule has 0 fully saturated rings. The van der Waals surface area contributed by atoms with Crippen molar-refractivity contribution in [3.8, 4) is 0 Å². The Morgan fingerprint density at radius 2 is 2.00 bits per heavy atom. The van der Waals surface area contributed by atoms with Crippen molar-refractivity contribution in [1.82, 2.24) is 4.90 Å². The summed E-state index contributed by atoms with van der Waals surface area (Å²) in [6.45, 7) is 10.2. The number of hydrogen-bond donors (Lipinski definition) is 1. The lowest BCUT2D eigenvalue weighted by atomic mass is 9.85. The number of nitrogens with two attached hydrogens (primary N) is 1. The summed E-state index contributed by atoms with van der Waals surface area (Å²) in [5.41, 5.74) is 7.15. The van der Waals surface area contributed by atoms with E-state index in [2.05, 4.69) is 39.4 Å². The summed E-state index contributed by atoms with van der Waals surface area (Å²) in [6, 6.07) is 0.0532. The fraction of sp³-hybridized carbons (Fsp3) is 0.800. The molecule has 0 rings (SSSR count). The van der Waals surface area contributed by atoms with Gasteiger partial charge in [0.1, 0.15) is 0 Å². The molecular weight excluding hydrogens is 148 g/mol. The van der Waals surface area contributed by atoms with Crippen LogP contribution in [-0.2, 0) is 0 Å². The molecule has 2 nitrogen and oxygen atoms in total. The van der Waals surface area contributed by atoms with Gasteiger partial charge in [-0.3, -0.25) is 0 Å². The maximum atomic E-state index is 6.07. The van der Waals surface area contributed by atoms with E-state index in [0.29, 0.717) is 0 Å². The molecule has 2 heteroatoms. The van der Waals surface area contributed by atoms with E-state index in [1.807, 2.05) is 6.92 Å². The second-order valence-electron chi connectivity index (χ2n) is 3.93. The van der Waals surface area contributed by atoms with Gasteiger partial charge in [-0.05, 0) is 34.4 Å². The van der Waals surface area contributed by atoms with E-state index in [1.54, 1.807) is 0 Å². The van der Waals surface area contributed by atoms with E-state index >= 15 is 0 Å². The molecule has 0 aromatic heterocycles. The molecule has 0 aromatic rings. The molecule has 0 spiro atoms. The third kappa shape index (κ3) is 2.08. The maximum absolute atomic E-state index is 6.07. The van der Waals surface area contributed by atoms with Gasteiger partial charge in [0.2, 0.25) is 0 Å². The molecule has 2 unspecified atom stereocenters. The van der Waals surface area contributed by atoms with Crippen molar-refractivity contribution >= 4 is 0 Å². The summed E-state index contributed by atoms with van der Waals surface area (Å²) in [6.07, 6.45) is 1.04. The zero-order chi connectivity index (χ0) is 9.94. The lowest BCUT2D eigenvalue weighted by Crippen LogP contribution is -2.55. The Labute approximate surface area is 76.4 Å². The molecule has 0 aliphatic carbocycles. The zero-order valence-corrected chi connectivity index (χ0v) is 9.02. The van der Waals surface area contributed by atoms with Crippen molar-refractivity contribution < 1.29 is 0 Å². The van der Waals surface area contributed by atoms with Crippen LogP contribution in [0.2, 0.25) is 0 Å². The Morgan fingerprint density at radius 1 is 1.58 bits per heavy atom. The maximum Gasteiger partial charge on any atom is 0.0433 e. The topological polar surface area (TPSA) is 29.3 Å². The van der Waals surface area contributed by atoms with Gasteiger partial charge >= 0.3 is 0 Å². The highest BCUT2D eigenvalue weighted by molar-refractivity contribution is 5.11. The van der Waals surface area contributed by atoms with E-state index in [-0.39, 0.29) is 11.6 Å². The second-order valence-corrected chi connectivity index (χ2v) is 3.93. The minimum Gasteiger partial charge on any atom is -0.323 e. The van der Waals surface area contributed by atoms with Crippen LogP contribution in [0.3, 0.4) is 0 Å². The Balaban J connectivity index is 4.62. The largest absolute Gasteiger partial charge is 0.323 e. The summed E-state index contributed by atoms with van der Waals surface area (Å²) in [7, 11) is 4.12. The van der Waals surface area contributed by atoms with Gasteiger partial charge in [-0.15, -0.1) is 0 Å². The molecule has 0 aliphatic rings.